The third-order valence-corrected chi connectivity index (χ3v) is 9.09. The Morgan fingerprint density at radius 3 is 1.46 bits per heavy atom. The molecule has 0 aliphatic carbocycles. The van der Waals surface area contributed by atoms with Gasteiger partial charge in [-0.05, 0) is 71.5 Å². The summed E-state index contributed by atoms with van der Waals surface area (Å²) in [4.78, 5) is 51.3. The van der Waals surface area contributed by atoms with E-state index in [0.29, 0.717) is 98.0 Å². The van der Waals surface area contributed by atoms with Crippen LogP contribution in [0.25, 0.3) is 0 Å². The summed E-state index contributed by atoms with van der Waals surface area (Å²) in [5, 5.41) is 1.15. The number of amides is 2. The maximum Gasteiger partial charge on any atom is 0.270 e. The summed E-state index contributed by atoms with van der Waals surface area (Å²) in [5.74, 6) is -1.53. The number of H-pyrrole nitrogens is 2. The summed E-state index contributed by atoms with van der Waals surface area (Å²) in [6.07, 6.45) is 4.25. The van der Waals surface area contributed by atoms with Crippen LogP contribution in [0.3, 0.4) is 0 Å². The average Bonchev–Trinajstić information content (AvgIpc) is 3.77. The summed E-state index contributed by atoms with van der Waals surface area (Å²) in [6.45, 7) is 4.02. The van der Waals surface area contributed by atoms with Crippen molar-refractivity contribution in [1.82, 2.24) is 19.8 Å². The van der Waals surface area contributed by atoms with Crippen molar-refractivity contribution in [3.63, 3.8) is 0 Å². The Labute approximate surface area is 277 Å². The Kier molecular flexibility index (Phi) is 10.2. The first kappa shape index (κ1) is 32.1. The third-order valence-electron chi connectivity index (χ3n) is 8.62. The first-order valence-electron chi connectivity index (χ1n) is 15.5. The lowest BCUT2D eigenvalue weighted by atomic mass is 9.79. The number of rotatable bonds is 10. The molecule has 11 heteroatoms. The Morgan fingerprint density at radius 2 is 1.07 bits per heavy atom. The van der Waals surface area contributed by atoms with E-state index in [0.717, 1.165) is 11.1 Å². The predicted octanol–water partition coefficient (Wildman–Crippen LogP) is 5.52. The second-order valence-corrected chi connectivity index (χ2v) is 12.6. The summed E-state index contributed by atoms with van der Waals surface area (Å²) >= 11 is 12.7. The molecule has 0 radical (unpaired) electrons. The summed E-state index contributed by atoms with van der Waals surface area (Å²) in [7, 11) is 0. The fourth-order valence-electron chi connectivity index (χ4n) is 6.15. The Morgan fingerprint density at radius 1 is 0.652 bits per heavy atom. The van der Waals surface area contributed by atoms with Crippen molar-refractivity contribution in [3.8, 4) is 0 Å². The Bertz CT molecular complexity index is 1570. The van der Waals surface area contributed by atoms with Crippen LogP contribution in [0.4, 0.5) is 0 Å². The molecule has 2 aromatic carbocycles. The van der Waals surface area contributed by atoms with Crippen molar-refractivity contribution >= 4 is 40.8 Å². The van der Waals surface area contributed by atoms with Gasteiger partial charge < -0.3 is 29.2 Å². The second-order valence-electron chi connectivity index (χ2n) is 11.7. The van der Waals surface area contributed by atoms with E-state index in [1.54, 1.807) is 46.5 Å². The predicted molar refractivity (Wildman–Crippen MR) is 176 cm³/mol. The molecule has 0 spiro atoms. The zero-order chi connectivity index (χ0) is 32.0. The van der Waals surface area contributed by atoms with Crippen LogP contribution in [0, 0.1) is 0 Å². The number of hydrogen-bond donors (Lipinski definition) is 2. The van der Waals surface area contributed by atoms with E-state index in [-0.39, 0.29) is 17.6 Å². The van der Waals surface area contributed by atoms with Crippen LogP contribution in [-0.2, 0) is 27.1 Å². The first-order valence-corrected chi connectivity index (χ1v) is 16.2. The molecular weight excluding hydrogens is 627 g/mol. The van der Waals surface area contributed by atoms with Gasteiger partial charge in [0.15, 0.2) is 0 Å². The van der Waals surface area contributed by atoms with E-state index in [1.807, 2.05) is 36.4 Å². The van der Waals surface area contributed by atoms with Crippen LogP contribution < -0.4 is 0 Å². The summed E-state index contributed by atoms with van der Waals surface area (Å²) in [5.41, 5.74) is 4.05. The maximum atomic E-state index is 14.9. The zero-order valence-corrected chi connectivity index (χ0v) is 26.9. The number of carbonyl (C=O) groups is 3. The van der Waals surface area contributed by atoms with E-state index < -0.39 is 11.8 Å². The largest absolute Gasteiger partial charge is 0.378 e. The number of hydrogen-bond acceptors (Lipinski definition) is 5. The number of aromatic amines is 2. The van der Waals surface area contributed by atoms with E-state index in [4.69, 9.17) is 32.7 Å². The van der Waals surface area contributed by atoms with Crippen molar-refractivity contribution in [1.29, 1.82) is 0 Å². The maximum absolute atomic E-state index is 14.9. The van der Waals surface area contributed by atoms with E-state index in [9.17, 15) is 14.4 Å². The minimum atomic E-state index is -0.613. The lowest BCUT2D eigenvalue weighted by Gasteiger charge is -2.26. The standard InChI is InChI=1S/C35H36Cl2N4O5/c36-27-5-1-3-23(15-27)17-29(25-19-31(38-21-25)34(43)40-7-11-45-12-8-40)33(42)30(18-24-4-2-6-28(37)16-24)26-20-32(39-22-26)35(44)41-9-13-46-14-10-41/h1-6,15-16,19-22,29-30,38-39H,7-14,17-18H2. The van der Waals surface area contributed by atoms with Gasteiger partial charge in [-0.1, -0.05) is 47.5 Å². The second kappa shape index (κ2) is 14.7. The third kappa shape index (κ3) is 7.56. The van der Waals surface area contributed by atoms with Crippen LogP contribution in [0.15, 0.2) is 73.1 Å². The van der Waals surface area contributed by atoms with Crippen LogP contribution in [0.1, 0.15) is 55.1 Å². The van der Waals surface area contributed by atoms with Crippen LogP contribution in [-0.4, -0.2) is 90.0 Å². The number of benzene rings is 2. The summed E-state index contributed by atoms with van der Waals surface area (Å²) < 4.78 is 10.8. The van der Waals surface area contributed by atoms with E-state index in [2.05, 4.69) is 9.97 Å². The van der Waals surface area contributed by atoms with Gasteiger partial charge in [-0.25, -0.2) is 0 Å². The topological polar surface area (TPSA) is 108 Å². The molecule has 4 aromatic rings. The van der Waals surface area contributed by atoms with Crippen LogP contribution >= 0.6 is 23.2 Å². The van der Waals surface area contributed by atoms with E-state index in [1.165, 1.54) is 0 Å². The molecule has 0 bridgehead atoms. The normalized spacial score (nSPS) is 16.7. The summed E-state index contributed by atoms with van der Waals surface area (Å²) in [6, 6.07) is 18.5. The van der Waals surface area contributed by atoms with Crippen LogP contribution in [0.2, 0.25) is 10.0 Å². The minimum Gasteiger partial charge on any atom is -0.378 e. The molecule has 2 aliphatic rings. The van der Waals surface area contributed by atoms with Gasteiger partial charge in [-0.3, -0.25) is 14.4 Å². The quantitative estimate of drug-likeness (QED) is 0.233. The van der Waals surface area contributed by atoms with Gasteiger partial charge in [-0.15, -0.1) is 0 Å². The van der Waals surface area contributed by atoms with Crippen molar-refractivity contribution in [3.05, 3.63) is 117 Å². The molecule has 240 valence electrons. The van der Waals surface area contributed by atoms with Crippen molar-refractivity contribution < 1.29 is 23.9 Å². The highest BCUT2D eigenvalue weighted by Gasteiger charge is 2.33. The number of aromatic nitrogens is 2. The van der Waals surface area contributed by atoms with Crippen molar-refractivity contribution in [2.75, 3.05) is 52.6 Å². The number of nitrogens with zero attached hydrogens (tertiary/aromatic N) is 2. The lowest BCUT2D eigenvalue weighted by Crippen LogP contribution is -2.40. The zero-order valence-electron chi connectivity index (χ0n) is 25.3. The molecule has 2 saturated heterocycles. The van der Waals surface area contributed by atoms with Gasteiger partial charge in [0, 0.05) is 60.5 Å². The van der Waals surface area contributed by atoms with Crippen molar-refractivity contribution in [2.24, 2.45) is 0 Å². The Hall–Kier alpha value is -3.89. The Balaban J connectivity index is 1.35. The SMILES string of the molecule is O=C(C(Cc1cccc(Cl)c1)c1c[nH]c(C(=O)N2CCOCC2)c1)C(Cc1cccc(Cl)c1)c1c[nH]c(C(=O)N2CCOCC2)c1. The molecule has 2 aliphatic heterocycles. The molecule has 2 fully saturated rings. The van der Waals surface area contributed by atoms with Gasteiger partial charge in [0.25, 0.3) is 11.8 Å². The van der Waals surface area contributed by atoms with Gasteiger partial charge in [-0.2, -0.15) is 0 Å². The molecule has 2 amide bonds. The van der Waals surface area contributed by atoms with Gasteiger partial charge in [0.05, 0.1) is 26.4 Å². The first-order chi connectivity index (χ1) is 22.4. The highest BCUT2D eigenvalue weighted by molar-refractivity contribution is 6.30. The fourth-order valence-corrected chi connectivity index (χ4v) is 6.58. The number of ketones is 1. The number of halogens is 2. The number of carbonyl (C=O) groups excluding carboxylic acids is 3. The molecule has 46 heavy (non-hydrogen) atoms. The molecule has 2 atom stereocenters. The lowest BCUT2D eigenvalue weighted by molar-refractivity contribution is -0.122. The molecule has 9 nitrogen and oxygen atoms in total. The number of ether oxygens (including phenoxy) is 2. The van der Waals surface area contributed by atoms with Gasteiger partial charge in [0.1, 0.15) is 17.2 Å². The molecule has 2 N–H and O–H groups in total. The molecule has 4 heterocycles. The number of morpholine rings is 2. The molecule has 0 saturated carbocycles. The molecule has 6 rings (SSSR count). The number of nitrogens with one attached hydrogen (secondary N) is 2. The van der Waals surface area contributed by atoms with Gasteiger partial charge in [0.2, 0.25) is 0 Å². The fraction of sp³-hybridized carbons (Fsp3) is 0.343. The highest BCUT2D eigenvalue weighted by atomic mass is 35.5. The van der Waals surface area contributed by atoms with E-state index >= 15 is 0 Å². The van der Waals surface area contributed by atoms with Crippen LogP contribution in [0.5, 0.6) is 0 Å². The highest BCUT2D eigenvalue weighted by Crippen LogP contribution is 2.34. The van der Waals surface area contributed by atoms with Gasteiger partial charge >= 0.3 is 0 Å². The number of Topliss-reactive ketones (excluding diaryl/α,β-unsaturated/α-hetero) is 1. The molecule has 2 unspecified atom stereocenters. The minimum absolute atomic E-state index is 0.0475. The molecular formula is C35H36Cl2N4O5. The molecule has 2 aromatic heterocycles. The smallest absolute Gasteiger partial charge is 0.270 e. The van der Waals surface area contributed by atoms with Crippen molar-refractivity contribution in [2.45, 2.75) is 24.7 Å². The average molecular weight is 664 g/mol. The monoisotopic (exact) mass is 662 g/mol.